The first kappa shape index (κ1) is 22.0. The number of benzene rings is 4. The van der Waals surface area contributed by atoms with Gasteiger partial charge in [-0.05, 0) is 47.2 Å². The summed E-state index contributed by atoms with van der Waals surface area (Å²) in [6.07, 6.45) is 0.533. The summed E-state index contributed by atoms with van der Waals surface area (Å²) in [5.74, 6) is 0. The molecular formula is C30H30O2. The highest BCUT2D eigenvalue weighted by Gasteiger charge is 2.42. The van der Waals surface area contributed by atoms with Crippen LogP contribution in [0.3, 0.4) is 0 Å². The van der Waals surface area contributed by atoms with E-state index < -0.39 is 11.2 Å². The van der Waals surface area contributed by atoms with Crippen molar-refractivity contribution in [3.8, 4) is 0 Å². The minimum Gasteiger partial charge on any atom is -0.385 e. The van der Waals surface area contributed by atoms with Gasteiger partial charge in [-0.1, -0.05) is 109 Å². The summed E-state index contributed by atoms with van der Waals surface area (Å²) >= 11 is 0. The van der Waals surface area contributed by atoms with E-state index in [4.69, 9.17) is 0 Å². The molecule has 4 rings (SSSR count). The lowest BCUT2D eigenvalue weighted by Crippen LogP contribution is -2.40. The molecule has 0 unspecified atom stereocenters. The first-order valence-electron chi connectivity index (χ1n) is 11.1. The van der Waals surface area contributed by atoms with Gasteiger partial charge in [-0.15, -0.1) is 0 Å². The Morgan fingerprint density at radius 1 is 0.562 bits per heavy atom. The van der Waals surface area contributed by atoms with Crippen LogP contribution in [-0.2, 0) is 17.6 Å². The Labute approximate surface area is 190 Å². The van der Waals surface area contributed by atoms with Crippen LogP contribution in [0, 0.1) is 13.8 Å². The zero-order valence-corrected chi connectivity index (χ0v) is 18.7. The van der Waals surface area contributed by atoms with Gasteiger partial charge in [0.05, 0.1) is 5.60 Å². The molecule has 2 heteroatoms. The summed E-state index contributed by atoms with van der Waals surface area (Å²) in [6, 6.07) is 35.3. The van der Waals surface area contributed by atoms with Crippen LogP contribution in [0.25, 0.3) is 0 Å². The molecule has 0 fully saturated rings. The Bertz CT molecular complexity index is 1110. The van der Waals surface area contributed by atoms with E-state index >= 15 is 0 Å². The second-order valence-corrected chi connectivity index (χ2v) is 8.76. The van der Waals surface area contributed by atoms with Crippen LogP contribution in [0.2, 0.25) is 0 Å². The maximum absolute atomic E-state index is 12.2. The van der Waals surface area contributed by atoms with Crippen LogP contribution in [0.4, 0.5) is 0 Å². The fraction of sp³-hybridized carbons (Fsp3) is 0.200. The largest absolute Gasteiger partial charge is 0.385 e. The van der Waals surface area contributed by atoms with Crippen molar-refractivity contribution >= 4 is 0 Å². The van der Waals surface area contributed by atoms with Gasteiger partial charge < -0.3 is 10.2 Å². The Morgan fingerprint density at radius 2 is 1.03 bits per heavy atom. The minimum absolute atomic E-state index is 0.130. The van der Waals surface area contributed by atoms with Crippen molar-refractivity contribution in [2.45, 2.75) is 37.9 Å². The molecule has 2 N–H and O–H groups in total. The second kappa shape index (κ2) is 9.12. The fourth-order valence-corrected chi connectivity index (χ4v) is 4.49. The lowest BCUT2D eigenvalue weighted by atomic mass is 9.73. The zero-order valence-electron chi connectivity index (χ0n) is 18.7. The highest BCUT2D eigenvalue weighted by Crippen LogP contribution is 2.42. The molecule has 4 aromatic rings. The molecule has 1 atom stereocenters. The molecule has 0 radical (unpaired) electrons. The van der Waals surface area contributed by atoms with E-state index in [9.17, 15) is 10.2 Å². The maximum atomic E-state index is 12.2. The lowest BCUT2D eigenvalue weighted by Gasteiger charge is -2.39. The van der Waals surface area contributed by atoms with Crippen molar-refractivity contribution in [1.29, 1.82) is 0 Å². The monoisotopic (exact) mass is 422 g/mol. The van der Waals surface area contributed by atoms with E-state index in [0.717, 1.165) is 22.3 Å². The van der Waals surface area contributed by atoms with Crippen molar-refractivity contribution < 1.29 is 10.2 Å². The third-order valence-corrected chi connectivity index (χ3v) is 6.43. The van der Waals surface area contributed by atoms with Crippen molar-refractivity contribution in [1.82, 2.24) is 0 Å². The Kier molecular flexibility index (Phi) is 6.27. The second-order valence-electron chi connectivity index (χ2n) is 8.76. The van der Waals surface area contributed by atoms with E-state index in [1.54, 1.807) is 0 Å². The number of hydrogen-bond acceptors (Lipinski definition) is 2. The average molecular weight is 423 g/mol. The quantitative estimate of drug-likeness (QED) is 0.380. The van der Waals surface area contributed by atoms with Crippen LogP contribution in [-0.4, -0.2) is 10.2 Å². The zero-order chi connectivity index (χ0) is 22.6. The first-order valence-corrected chi connectivity index (χ1v) is 11.1. The van der Waals surface area contributed by atoms with E-state index in [1.165, 1.54) is 11.1 Å². The van der Waals surface area contributed by atoms with Crippen LogP contribution >= 0.6 is 0 Å². The maximum Gasteiger partial charge on any atom is 0.118 e. The summed E-state index contributed by atoms with van der Waals surface area (Å²) in [5.41, 5.74) is 3.16. The van der Waals surface area contributed by atoms with Gasteiger partial charge >= 0.3 is 0 Å². The van der Waals surface area contributed by atoms with Crippen molar-refractivity contribution in [3.63, 3.8) is 0 Å². The van der Waals surface area contributed by atoms with E-state index in [2.05, 4.69) is 32.0 Å². The summed E-state index contributed by atoms with van der Waals surface area (Å²) in [4.78, 5) is 0. The highest BCUT2D eigenvalue weighted by molar-refractivity contribution is 5.39. The Morgan fingerprint density at radius 3 is 1.50 bits per heavy atom. The summed E-state index contributed by atoms with van der Waals surface area (Å²) in [7, 11) is 0. The van der Waals surface area contributed by atoms with Crippen molar-refractivity contribution in [2.75, 3.05) is 0 Å². The number of aryl methyl sites for hydroxylation is 2. The van der Waals surface area contributed by atoms with Gasteiger partial charge in [0, 0.05) is 12.8 Å². The fourth-order valence-electron chi connectivity index (χ4n) is 4.49. The van der Waals surface area contributed by atoms with Gasteiger partial charge in [-0.25, -0.2) is 0 Å². The third kappa shape index (κ3) is 4.52. The predicted molar refractivity (Wildman–Crippen MR) is 130 cm³/mol. The van der Waals surface area contributed by atoms with Crippen molar-refractivity contribution in [2.24, 2.45) is 0 Å². The SMILES string of the molecule is Cc1ccc(C[C@@](O)(CC(O)(c2ccccc2)c2ccccc2)c2ccccc2)cc1C. The molecular weight excluding hydrogens is 392 g/mol. The molecule has 0 saturated carbocycles. The third-order valence-electron chi connectivity index (χ3n) is 6.43. The lowest BCUT2D eigenvalue weighted by molar-refractivity contribution is -0.0520. The van der Waals surface area contributed by atoms with E-state index in [0.29, 0.717) is 6.42 Å². The van der Waals surface area contributed by atoms with Gasteiger partial charge in [0.1, 0.15) is 5.60 Å². The van der Waals surface area contributed by atoms with Crippen LogP contribution in [0.5, 0.6) is 0 Å². The highest BCUT2D eigenvalue weighted by atomic mass is 16.3. The normalized spacial score (nSPS) is 13.5. The molecule has 0 aliphatic rings. The van der Waals surface area contributed by atoms with Gasteiger partial charge in [0.25, 0.3) is 0 Å². The Hall–Kier alpha value is -3.20. The molecule has 32 heavy (non-hydrogen) atoms. The number of rotatable bonds is 7. The smallest absolute Gasteiger partial charge is 0.118 e. The van der Waals surface area contributed by atoms with Gasteiger partial charge in [-0.3, -0.25) is 0 Å². The molecule has 0 amide bonds. The molecule has 0 heterocycles. The minimum atomic E-state index is -1.35. The topological polar surface area (TPSA) is 40.5 Å². The standard InChI is InChI=1S/C30H30O2/c1-23-18-19-25(20-24(23)2)21-29(31,26-12-6-3-7-13-26)22-30(32,27-14-8-4-9-15-27)28-16-10-5-11-17-28/h3-20,31-32H,21-22H2,1-2H3/t29-/m1/s1. The molecule has 0 aromatic heterocycles. The van der Waals surface area contributed by atoms with Crippen LogP contribution in [0.1, 0.15) is 39.8 Å². The van der Waals surface area contributed by atoms with Crippen LogP contribution in [0.15, 0.2) is 109 Å². The van der Waals surface area contributed by atoms with Gasteiger partial charge in [0.2, 0.25) is 0 Å². The first-order chi connectivity index (χ1) is 15.4. The van der Waals surface area contributed by atoms with E-state index in [1.807, 2.05) is 91.0 Å². The molecule has 4 aromatic carbocycles. The molecule has 0 saturated heterocycles. The van der Waals surface area contributed by atoms with Gasteiger partial charge in [-0.2, -0.15) is 0 Å². The molecule has 0 aliphatic heterocycles. The van der Waals surface area contributed by atoms with E-state index in [-0.39, 0.29) is 6.42 Å². The molecule has 2 nitrogen and oxygen atoms in total. The molecule has 0 bridgehead atoms. The summed E-state index contributed by atoms with van der Waals surface area (Å²) < 4.78 is 0. The Balaban J connectivity index is 1.83. The van der Waals surface area contributed by atoms with Crippen molar-refractivity contribution in [3.05, 3.63) is 143 Å². The summed E-state index contributed by atoms with van der Waals surface area (Å²) in [6.45, 7) is 4.18. The number of hydrogen-bond donors (Lipinski definition) is 2. The molecule has 162 valence electrons. The van der Waals surface area contributed by atoms with Gasteiger partial charge in [0.15, 0.2) is 0 Å². The molecule has 0 spiro atoms. The predicted octanol–water partition coefficient (Wildman–Crippen LogP) is 6.06. The average Bonchev–Trinajstić information content (AvgIpc) is 2.83. The molecule has 0 aliphatic carbocycles. The summed E-state index contributed by atoms with van der Waals surface area (Å²) in [5, 5.41) is 24.4. The van der Waals surface area contributed by atoms with Crippen LogP contribution < -0.4 is 0 Å². The number of aliphatic hydroxyl groups is 2.